The molecule has 0 atom stereocenters. The fraction of sp³-hybridized carbons (Fsp3) is 0.280. The third-order valence-corrected chi connectivity index (χ3v) is 6.18. The average Bonchev–Trinajstić information content (AvgIpc) is 3.33. The van der Waals surface area contributed by atoms with Gasteiger partial charge < -0.3 is 19.1 Å². The van der Waals surface area contributed by atoms with Crippen LogP contribution in [0.1, 0.15) is 5.69 Å². The Labute approximate surface area is 196 Å². The first kappa shape index (κ1) is 21.7. The number of nitrogens with zero attached hydrogens (tertiary/aromatic N) is 6. The van der Waals surface area contributed by atoms with Crippen LogP contribution in [0.4, 0.5) is 5.69 Å². The number of rotatable bonds is 5. The van der Waals surface area contributed by atoms with E-state index in [0.29, 0.717) is 43.5 Å². The first-order valence-electron chi connectivity index (χ1n) is 11.2. The van der Waals surface area contributed by atoms with Crippen molar-refractivity contribution in [1.29, 1.82) is 0 Å². The molecule has 1 saturated heterocycles. The summed E-state index contributed by atoms with van der Waals surface area (Å²) < 4.78 is 8.51. The van der Waals surface area contributed by atoms with Gasteiger partial charge in [-0.25, -0.2) is 0 Å². The number of carbonyl (C=O) groups is 1. The molecule has 0 unspecified atom stereocenters. The van der Waals surface area contributed by atoms with Crippen LogP contribution in [0, 0.1) is 6.92 Å². The van der Waals surface area contributed by atoms with Gasteiger partial charge in [-0.15, -0.1) is 5.10 Å². The SMILES string of the molecule is COc1ccccc1N1CCN(C(=O)Cn2c(C)cc(=O)n3nc(-c4ccccc4)nc23)CC1. The summed E-state index contributed by atoms with van der Waals surface area (Å²) in [6.07, 6.45) is 0. The molecule has 0 bridgehead atoms. The number of carbonyl (C=O) groups excluding carboxylic acids is 1. The van der Waals surface area contributed by atoms with E-state index in [0.717, 1.165) is 17.0 Å². The summed E-state index contributed by atoms with van der Waals surface area (Å²) in [5.74, 6) is 1.63. The summed E-state index contributed by atoms with van der Waals surface area (Å²) in [7, 11) is 1.67. The number of ether oxygens (including phenoxy) is 1. The van der Waals surface area contributed by atoms with E-state index >= 15 is 0 Å². The van der Waals surface area contributed by atoms with E-state index in [-0.39, 0.29) is 18.0 Å². The fourth-order valence-electron chi connectivity index (χ4n) is 4.33. The number of methoxy groups -OCH3 is 1. The van der Waals surface area contributed by atoms with Gasteiger partial charge in [0.25, 0.3) is 5.56 Å². The summed E-state index contributed by atoms with van der Waals surface area (Å²) in [6.45, 7) is 4.55. The van der Waals surface area contributed by atoms with Crippen LogP contribution in [-0.4, -0.2) is 63.3 Å². The Morgan fingerprint density at radius 1 is 1.00 bits per heavy atom. The number of aryl methyl sites for hydroxylation is 1. The minimum absolute atomic E-state index is 0.0161. The second-order valence-corrected chi connectivity index (χ2v) is 8.26. The number of para-hydroxylation sites is 2. The molecule has 1 aliphatic heterocycles. The largest absolute Gasteiger partial charge is 0.495 e. The number of benzene rings is 2. The van der Waals surface area contributed by atoms with Crippen molar-refractivity contribution in [2.75, 3.05) is 38.2 Å². The first-order chi connectivity index (χ1) is 16.5. The smallest absolute Gasteiger partial charge is 0.275 e. The Balaban J connectivity index is 1.36. The molecule has 34 heavy (non-hydrogen) atoms. The lowest BCUT2D eigenvalue weighted by atomic mass is 10.2. The molecule has 2 aromatic heterocycles. The highest BCUT2D eigenvalue weighted by Gasteiger charge is 2.24. The van der Waals surface area contributed by atoms with Gasteiger partial charge in [0.1, 0.15) is 12.3 Å². The van der Waals surface area contributed by atoms with Gasteiger partial charge in [0.2, 0.25) is 11.7 Å². The van der Waals surface area contributed by atoms with E-state index in [1.54, 1.807) is 11.7 Å². The van der Waals surface area contributed by atoms with Gasteiger partial charge in [-0.2, -0.15) is 9.50 Å². The van der Waals surface area contributed by atoms with E-state index in [4.69, 9.17) is 4.74 Å². The number of hydrogen-bond acceptors (Lipinski definition) is 6. The van der Waals surface area contributed by atoms with Gasteiger partial charge >= 0.3 is 0 Å². The number of anilines is 1. The van der Waals surface area contributed by atoms with Crippen LogP contribution in [-0.2, 0) is 11.3 Å². The van der Waals surface area contributed by atoms with Crippen molar-refractivity contribution in [3.05, 3.63) is 76.7 Å². The van der Waals surface area contributed by atoms with Crippen LogP contribution in [0.25, 0.3) is 17.2 Å². The fourth-order valence-corrected chi connectivity index (χ4v) is 4.33. The zero-order chi connectivity index (χ0) is 23.7. The zero-order valence-electron chi connectivity index (χ0n) is 19.2. The quantitative estimate of drug-likeness (QED) is 0.456. The summed E-state index contributed by atoms with van der Waals surface area (Å²) >= 11 is 0. The van der Waals surface area contributed by atoms with E-state index in [2.05, 4.69) is 15.0 Å². The molecular formula is C25H26N6O3. The molecule has 0 N–H and O–H groups in total. The average molecular weight is 459 g/mol. The second kappa shape index (κ2) is 9.01. The Morgan fingerprint density at radius 2 is 1.71 bits per heavy atom. The lowest BCUT2D eigenvalue weighted by Gasteiger charge is -2.36. The molecule has 9 heteroatoms. The standard InChI is InChI=1S/C25H26N6O3/c1-18-16-22(32)31-25(26-24(27-31)19-8-4-3-5-9-19)30(18)17-23(33)29-14-12-28(13-15-29)20-10-6-7-11-21(20)34-2/h3-11,16H,12-15,17H2,1-2H3. The maximum Gasteiger partial charge on any atom is 0.275 e. The van der Waals surface area contributed by atoms with Crippen molar-refractivity contribution in [2.45, 2.75) is 13.5 Å². The van der Waals surface area contributed by atoms with Crippen LogP contribution in [0.2, 0.25) is 0 Å². The van der Waals surface area contributed by atoms with Gasteiger partial charge in [-0.05, 0) is 19.1 Å². The van der Waals surface area contributed by atoms with Crippen molar-refractivity contribution in [3.8, 4) is 17.1 Å². The van der Waals surface area contributed by atoms with E-state index in [1.165, 1.54) is 10.6 Å². The number of fused-ring (bicyclic) bond motifs is 1. The highest BCUT2D eigenvalue weighted by molar-refractivity contribution is 5.77. The number of hydrogen-bond donors (Lipinski definition) is 0. The Bertz CT molecular complexity index is 1390. The normalized spacial score (nSPS) is 13.9. The van der Waals surface area contributed by atoms with Gasteiger partial charge in [0.15, 0.2) is 5.82 Å². The molecule has 0 saturated carbocycles. The Kier molecular flexibility index (Phi) is 5.75. The molecule has 9 nitrogen and oxygen atoms in total. The molecule has 0 aliphatic carbocycles. The van der Waals surface area contributed by atoms with Gasteiger partial charge in [0.05, 0.1) is 12.8 Å². The van der Waals surface area contributed by atoms with Crippen LogP contribution in [0.15, 0.2) is 65.5 Å². The van der Waals surface area contributed by atoms with Crippen LogP contribution >= 0.6 is 0 Å². The van der Waals surface area contributed by atoms with Crippen molar-refractivity contribution >= 4 is 17.4 Å². The molecule has 174 valence electrons. The van der Waals surface area contributed by atoms with Crippen molar-refractivity contribution in [3.63, 3.8) is 0 Å². The molecule has 3 heterocycles. The summed E-state index contributed by atoms with van der Waals surface area (Å²) in [5.41, 5.74) is 2.25. The maximum absolute atomic E-state index is 13.2. The van der Waals surface area contributed by atoms with E-state index in [1.807, 2.05) is 66.4 Å². The summed E-state index contributed by atoms with van der Waals surface area (Å²) in [4.78, 5) is 34.4. The van der Waals surface area contributed by atoms with Gasteiger partial charge in [-0.1, -0.05) is 42.5 Å². The molecule has 5 rings (SSSR count). The minimum Gasteiger partial charge on any atom is -0.495 e. The zero-order valence-corrected chi connectivity index (χ0v) is 19.2. The number of aromatic nitrogens is 4. The second-order valence-electron chi connectivity index (χ2n) is 8.26. The third kappa shape index (κ3) is 4.00. The number of piperazine rings is 1. The lowest BCUT2D eigenvalue weighted by molar-refractivity contribution is -0.132. The van der Waals surface area contributed by atoms with Crippen molar-refractivity contribution in [1.82, 2.24) is 24.1 Å². The molecule has 1 amide bonds. The first-order valence-corrected chi connectivity index (χ1v) is 11.2. The molecule has 1 fully saturated rings. The predicted molar refractivity (Wildman–Crippen MR) is 129 cm³/mol. The van der Waals surface area contributed by atoms with E-state index in [9.17, 15) is 9.59 Å². The van der Waals surface area contributed by atoms with Crippen LogP contribution in [0.3, 0.4) is 0 Å². The molecule has 0 spiro atoms. The highest BCUT2D eigenvalue weighted by atomic mass is 16.5. The Morgan fingerprint density at radius 3 is 2.44 bits per heavy atom. The monoisotopic (exact) mass is 458 g/mol. The molecule has 2 aromatic carbocycles. The Hall–Kier alpha value is -4.14. The number of amides is 1. The van der Waals surface area contributed by atoms with Gasteiger partial charge in [-0.3, -0.25) is 9.59 Å². The highest BCUT2D eigenvalue weighted by Crippen LogP contribution is 2.28. The lowest BCUT2D eigenvalue weighted by Crippen LogP contribution is -2.49. The topological polar surface area (TPSA) is 85.0 Å². The van der Waals surface area contributed by atoms with E-state index < -0.39 is 0 Å². The van der Waals surface area contributed by atoms with Crippen molar-refractivity contribution in [2.24, 2.45) is 0 Å². The van der Waals surface area contributed by atoms with Crippen molar-refractivity contribution < 1.29 is 9.53 Å². The maximum atomic E-state index is 13.2. The molecule has 0 radical (unpaired) electrons. The summed E-state index contributed by atoms with van der Waals surface area (Å²) in [6, 6.07) is 18.9. The van der Waals surface area contributed by atoms with Gasteiger partial charge in [0, 0.05) is 43.5 Å². The minimum atomic E-state index is -0.267. The molecule has 4 aromatic rings. The van der Waals surface area contributed by atoms with Crippen LogP contribution < -0.4 is 15.2 Å². The van der Waals surface area contributed by atoms with Crippen LogP contribution in [0.5, 0.6) is 5.75 Å². The third-order valence-electron chi connectivity index (χ3n) is 6.18. The predicted octanol–water partition coefficient (Wildman–Crippen LogP) is 2.22. The molecular weight excluding hydrogens is 432 g/mol. The molecule has 1 aliphatic rings. The summed E-state index contributed by atoms with van der Waals surface area (Å²) in [5, 5.41) is 4.39.